The number of terminal acetylenes is 1. The lowest BCUT2D eigenvalue weighted by Gasteiger charge is -2.46. The van der Waals surface area contributed by atoms with Crippen LogP contribution in [0.2, 0.25) is 0 Å². The summed E-state index contributed by atoms with van der Waals surface area (Å²) < 4.78 is 24.7. The summed E-state index contributed by atoms with van der Waals surface area (Å²) >= 11 is 0. The van der Waals surface area contributed by atoms with Crippen LogP contribution in [0.4, 0.5) is 8.78 Å². The summed E-state index contributed by atoms with van der Waals surface area (Å²) in [6, 6.07) is 0. The van der Waals surface area contributed by atoms with Crippen LogP contribution in [0.1, 0.15) is 13.8 Å². The van der Waals surface area contributed by atoms with Gasteiger partial charge in [-0.3, -0.25) is 4.90 Å². The minimum atomic E-state index is -2.52. The maximum atomic E-state index is 12.3. The van der Waals surface area contributed by atoms with Gasteiger partial charge in [-0.25, -0.2) is 8.78 Å². The molecule has 0 atom stereocenters. The molecule has 11 heavy (non-hydrogen) atoms. The zero-order valence-electron chi connectivity index (χ0n) is 6.69. The molecule has 1 nitrogen and oxygen atoms in total. The van der Waals surface area contributed by atoms with Gasteiger partial charge in [0.1, 0.15) is 0 Å². The van der Waals surface area contributed by atoms with Gasteiger partial charge in [-0.2, -0.15) is 0 Å². The smallest absolute Gasteiger partial charge is 0.273 e. The number of likely N-dealkylation sites (tertiary alicyclic amines) is 1. The second kappa shape index (κ2) is 2.18. The molecule has 1 aliphatic rings. The average molecular weight is 159 g/mol. The Labute approximate surface area is 65.4 Å². The highest BCUT2D eigenvalue weighted by Gasteiger charge is 2.48. The lowest BCUT2D eigenvalue weighted by atomic mass is 9.97. The van der Waals surface area contributed by atoms with E-state index in [0.717, 1.165) is 0 Å². The van der Waals surface area contributed by atoms with Gasteiger partial charge in [-0.05, 0) is 13.8 Å². The van der Waals surface area contributed by atoms with E-state index >= 15 is 0 Å². The van der Waals surface area contributed by atoms with E-state index in [4.69, 9.17) is 6.42 Å². The summed E-state index contributed by atoms with van der Waals surface area (Å²) in [6.45, 7) is 3.12. The number of alkyl halides is 2. The third-order valence-electron chi connectivity index (χ3n) is 1.99. The minimum Gasteiger partial charge on any atom is -0.276 e. The predicted octanol–water partition coefficient (Wildman–Crippen LogP) is 1.35. The molecule has 0 spiro atoms. The lowest BCUT2D eigenvalue weighted by molar-refractivity contribution is -0.153. The van der Waals surface area contributed by atoms with Crippen LogP contribution in [0, 0.1) is 12.3 Å². The number of rotatable bonds is 1. The van der Waals surface area contributed by atoms with E-state index in [2.05, 4.69) is 5.92 Å². The van der Waals surface area contributed by atoms with Crippen molar-refractivity contribution in [2.24, 2.45) is 0 Å². The van der Waals surface area contributed by atoms with Gasteiger partial charge in [0.15, 0.2) is 0 Å². The van der Waals surface area contributed by atoms with Gasteiger partial charge >= 0.3 is 0 Å². The summed E-state index contributed by atoms with van der Waals surface area (Å²) in [6.07, 6.45) is 5.17. The van der Waals surface area contributed by atoms with Gasteiger partial charge in [0.2, 0.25) is 0 Å². The van der Waals surface area contributed by atoms with Crippen molar-refractivity contribution in [2.45, 2.75) is 25.3 Å². The van der Waals surface area contributed by atoms with Crippen molar-refractivity contribution in [3.8, 4) is 12.3 Å². The van der Waals surface area contributed by atoms with Crippen molar-refractivity contribution >= 4 is 0 Å². The molecule has 3 heteroatoms. The van der Waals surface area contributed by atoms with E-state index in [1.54, 1.807) is 18.7 Å². The number of hydrogen-bond acceptors (Lipinski definition) is 1. The quantitative estimate of drug-likeness (QED) is 0.522. The van der Waals surface area contributed by atoms with Gasteiger partial charge in [-0.15, -0.1) is 6.42 Å². The van der Waals surface area contributed by atoms with E-state index in [1.165, 1.54) is 0 Å². The summed E-state index contributed by atoms with van der Waals surface area (Å²) in [7, 11) is 0. The van der Waals surface area contributed by atoms with E-state index in [-0.39, 0.29) is 13.1 Å². The highest BCUT2D eigenvalue weighted by molar-refractivity contribution is 5.12. The molecule has 1 heterocycles. The van der Waals surface area contributed by atoms with Crippen LogP contribution < -0.4 is 0 Å². The Morgan fingerprint density at radius 3 is 2.18 bits per heavy atom. The van der Waals surface area contributed by atoms with Crippen LogP contribution in [-0.2, 0) is 0 Å². The SMILES string of the molecule is C#CC(C)(C)N1CC(F)(F)C1. The van der Waals surface area contributed by atoms with E-state index < -0.39 is 11.5 Å². The molecule has 0 aromatic carbocycles. The van der Waals surface area contributed by atoms with Crippen LogP contribution in [0.25, 0.3) is 0 Å². The molecule has 1 saturated heterocycles. The van der Waals surface area contributed by atoms with E-state index in [0.29, 0.717) is 0 Å². The molecule has 0 aromatic rings. The van der Waals surface area contributed by atoms with Crippen LogP contribution >= 0.6 is 0 Å². The lowest BCUT2D eigenvalue weighted by Crippen LogP contribution is -2.63. The maximum absolute atomic E-state index is 12.3. The van der Waals surface area contributed by atoms with Crippen molar-refractivity contribution in [1.29, 1.82) is 0 Å². The first kappa shape index (κ1) is 8.48. The largest absolute Gasteiger partial charge is 0.276 e. The third kappa shape index (κ3) is 1.51. The average Bonchev–Trinajstić information content (AvgIpc) is 1.83. The third-order valence-corrected chi connectivity index (χ3v) is 1.99. The van der Waals surface area contributed by atoms with Crippen LogP contribution in [-0.4, -0.2) is 29.5 Å². The molecule has 0 saturated carbocycles. The molecular formula is C8H11F2N. The second-order valence-electron chi connectivity index (χ2n) is 3.42. The Bertz CT molecular complexity index is 195. The van der Waals surface area contributed by atoms with Crippen molar-refractivity contribution < 1.29 is 8.78 Å². The van der Waals surface area contributed by atoms with Gasteiger partial charge in [0, 0.05) is 0 Å². The highest BCUT2D eigenvalue weighted by atomic mass is 19.3. The molecule has 62 valence electrons. The topological polar surface area (TPSA) is 3.24 Å². The molecule has 0 aromatic heterocycles. The predicted molar refractivity (Wildman–Crippen MR) is 39.4 cm³/mol. The normalized spacial score (nSPS) is 23.9. The van der Waals surface area contributed by atoms with Crippen LogP contribution in [0.3, 0.4) is 0 Å². The molecule has 1 aliphatic heterocycles. The standard InChI is InChI=1S/C8H11F2N/c1-4-7(2,3)11-5-8(9,10)6-11/h1H,5-6H2,2-3H3. The molecule has 1 rings (SSSR count). The molecule has 0 radical (unpaired) electrons. The first-order valence-corrected chi connectivity index (χ1v) is 3.48. The Hall–Kier alpha value is -0.620. The Morgan fingerprint density at radius 2 is 1.91 bits per heavy atom. The van der Waals surface area contributed by atoms with Crippen molar-refractivity contribution in [3.63, 3.8) is 0 Å². The Kier molecular flexibility index (Phi) is 1.68. The molecule has 0 N–H and O–H groups in total. The Balaban J connectivity index is 2.52. The van der Waals surface area contributed by atoms with Crippen molar-refractivity contribution in [2.75, 3.05) is 13.1 Å². The monoisotopic (exact) mass is 159 g/mol. The second-order valence-corrected chi connectivity index (χ2v) is 3.42. The number of halogens is 2. The van der Waals surface area contributed by atoms with Crippen LogP contribution in [0.5, 0.6) is 0 Å². The molecule has 0 unspecified atom stereocenters. The fourth-order valence-electron chi connectivity index (χ4n) is 0.999. The summed E-state index contributed by atoms with van der Waals surface area (Å²) in [5.41, 5.74) is -0.526. The first-order chi connectivity index (χ1) is 4.87. The minimum absolute atomic E-state index is 0.204. The molecule has 0 bridgehead atoms. The molecule has 0 amide bonds. The fraction of sp³-hybridized carbons (Fsp3) is 0.750. The van der Waals surface area contributed by atoms with Gasteiger partial charge in [0.25, 0.3) is 5.92 Å². The number of nitrogens with zero attached hydrogens (tertiary/aromatic N) is 1. The summed E-state index contributed by atoms with van der Waals surface area (Å²) in [5.74, 6) is -0.0461. The maximum Gasteiger partial charge on any atom is 0.273 e. The van der Waals surface area contributed by atoms with Gasteiger partial charge in [-0.1, -0.05) is 5.92 Å². The van der Waals surface area contributed by atoms with Crippen LogP contribution in [0.15, 0.2) is 0 Å². The zero-order valence-corrected chi connectivity index (χ0v) is 6.69. The Morgan fingerprint density at radius 1 is 1.45 bits per heavy atom. The van der Waals surface area contributed by atoms with Crippen molar-refractivity contribution in [1.82, 2.24) is 4.90 Å². The molecule has 1 fully saturated rings. The van der Waals surface area contributed by atoms with E-state index in [9.17, 15) is 8.78 Å². The summed E-state index contributed by atoms with van der Waals surface area (Å²) in [4.78, 5) is 1.59. The molecular weight excluding hydrogens is 148 g/mol. The summed E-state index contributed by atoms with van der Waals surface area (Å²) in [5, 5.41) is 0. The number of hydrogen-bond donors (Lipinski definition) is 0. The zero-order chi connectivity index (χ0) is 8.70. The van der Waals surface area contributed by atoms with E-state index in [1.807, 2.05) is 0 Å². The van der Waals surface area contributed by atoms with Gasteiger partial charge in [0.05, 0.1) is 18.6 Å². The fourth-order valence-corrected chi connectivity index (χ4v) is 0.999. The molecule has 0 aliphatic carbocycles. The van der Waals surface area contributed by atoms with Gasteiger partial charge < -0.3 is 0 Å². The highest BCUT2D eigenvalue weighted by Crippen LogP contribution is 2.32. The van der Waals surface area contributed by atoms with Crippen molar-refractivity contribution in [3.05, 3.63) is 0 Å². The first-order valence-electron chi connectivity index (χ1n) is 3.48.